The molecule has 3 aromatic rings. The Morgan fingerprint density at radius 1 is 1.11 bits per heavy atom. The number of nitrogens with zero attached hydrogens (tertiary/aromatic N) is 7. The number of anilines is 2. The summed E-state index contributed by atoms with van der Waals surface area (Å²) in [5, 5.41) is 13.5. The molecular weight excluding hydrogens is 382 g/mol. The zero-order valence-corrected chi connectivity index (χ0v) is 16.2. The highest BCUT2D eigenvalue weighted by atomic mass is 35.5. The van der Waals surface area contributed by atoms with Gasteiger partial charge in [-0.2, -0.15) is 4.80 Å². The van der Waals surface area contributed by atoms with Crippen molar-refractivity contribution in [2.45, 2.75) is 12.8 Å². The van der Waals surface area contributed by atoms with Crippen molar-refractivity contribution in [3.05, 3.63) is 42.5 Å². The van der Waals surface area contributed by atoms with Gasteiger partial charge < -0.3 is 9.80 Å². The van der Waals surface area contributed by atoms with Gasteiger partial charge in [0.15, 0.2) is 5.13 Å². The van der Waals surface area contributed by atoms with E-state index < -0.39 is 0 Å². The average Bonchev–Trinajstić information content (AvgIpc) is 3.44. The first-order valence-electron chi connectivity index (χ1n) is 8.88. The van der Waals surface area contributed by atoms with Gasteiger partial charge >= 0.3 is 0 Å². The number of benzene rings is 1. The predicted octanol–water partition coefficient (Wildman–Crippen LogP) is 3.07. The van der Waals surface area contributed by atoms with Gasteiger partial charge in [-0.15, -0.1) is 10.2 Å². The number of rotatable bonds is 3. The van der Waals surface area contributed by atoms with E-state index in [1.807, 2.05) is 12.1 Å². The van der Waals surface area contributed by atoms with Gasteiger partial charge in [0.05, 0.1) is 21.8 Å². The van der Waals surface area contributed by atoms with Crippen molar-refractivity contribution in [3.63, 3.8) is 0 Å². The minimum absolute atomic E-state index is 0.295. The largest absolute Gasteiger partial charge is 0.370 e. The van der Waals surface area contributed by atoms with Gasteiger partial charge in [-0.05, 0) is 30.2 Å². The van der Waals surface area contributed by atoms with E-state index in [1.165, 1.54) is 12.8 Å². The Bertz CT molecular complexity index is 970. The molecule has 1 unspecified atom stereocenters. The molecule has 4 heterocycles. The Morgan fingerprint density at radius 2 is 1.89 bits per heavy atom. The maximum absolute atomic E-state index is 6.40. The van der Waals surface area contributed by atoms with Crippen molar-refractivity contribution in [2.75, 3.05) is 36.0 Å². The molecule has 2 aliphatic rings. The van der Waals surface area contributed by atoms with Gasteiger partial charge in [-0.3, -0.25) is 0 Å². The van der Waals surface area contributed by atoms with Gasteiger partial charge in [0.1, 0.15) is 7.05 Å². The first kappa shape index (κ1) is 16.9. The van der Waals surface area contributed by atoms with Gasteiger partial charge in [0, 0.05) is 31.6 Å². The number of tetrazole rings is 1. The third kappa shape index (κ3) is 3.06. The molecule has 0 bridgehead atoms. The zero-order chi connectivity index (χ0) is 18.4. The Balaban J connectivity index is 1.31. The summed E-state index contributed by atoms with van der Waals surface area (Å²) in [7, 11) is 5.49. The highest BCUT2D eigenvalue weighted by molar-refractivity contribution is 7.18. The maximum atomic E-state index is 6.40. The van der Waals surface area contributed by atoms with Crippen molar-refractivity contribution >= 4 is 33.8 Å². The maximum Gasteiger partial charge on any atom is 0.216 e. The summed E-state index contributed by atoms with van der Waals surface area (Å²) in [6.45, 7) is 4.11. The molecule has 0 saturated carbocycles. The van der Waals surface area contributed by atoms with Gasteiger partial charge in [0.25, 0.3) is 0 Å². The number of hydrogen-bond donors (Lipinski definition) is 0. The first-order valence-corrected chi connectivity index (χ1v) is 10.1. The molecule has 2 aromatic heterocycles. The van der Waals surface area contributed by atoms with Gasteiger partial charge in [0.2, 0.25) is 5.82 Å². The van der Waals surface area contributed by atoms with E-state index in [1.54, 1.807) is 17.5 Å². The van der Waals surface area contributed by atoms with Crippen LogP contribution < -0.4 is 9.80 Å². The standard InChI is InChI=1S/C18H18ClN7S/c1-24-22-16(21-23-24)15-10-20-17(27-15)26-9-7-18(12-26)6-8-25(11-18)14-5-3-2-4-13(14)19/h1-5,10H,6-9,11-12H2. The summed E-state index contributed by atoms with van der Waals surface area (Å²) < 4.78 is 0. The fraction of sp³-hybridized carbons (Fsp3) is 0.389. The van der Waals surface area contributed by atoms with Crippen LogP contribution in [0.5, 0.6) is 0 Å². The van der Waals surface area contributed by atoms with Crippen LogP contribution in [0.4, 0.5) is 10.8 Å². The molecule has 5 rings (SSSR count). The molecule has 1 aromatic carbocycles. The summed E-state index contributed by atoms with van der Waals surface area (Å²) in [6, 6.07) is 8.10. The summed E-state index contributed by atoms with van der Waals surface area (Å²) >= 11 is 7.98. The molecule has 0 N–H and O–H groups in total. The quantitative estimate of drug-likeness (QED) is 0.674. The van der Waals surface area contributed by atoms with E-state index in [0.29, 0.717) is 11.2 Å². The molecule has 2 saturated heterocycles. The third-order valence-corrected chi connectivity index (χ3v) is 6.86. The lowest BCUT2D eigenvalue weighted by atomic mass is 9.86. The van der Waals surface area contributed by atoms with Gasteiger partial charge in [-0.1, -0.05) is 35.1 Å². The van der Waals surface area contributed by atoms with Crippen LogP contribution in [0.25, 0.3) is 10.7 Å². The second kappa shape index (κ2) is 6.45. The molecule has 2 fully saturated rings. The molecule has 1 atom stereocenters. The second-order valence-corrected chi connectivity index (χ2v) is 8.65. The third-order valence-electron chi connectivity index (χ3n) is 5.48. The molecular formula is C18H18ClN7S. The van der Waals surface area contributed by atoms with E-state index in [0.717, 1.165) is 51.7 Å². The van der Waals surface area contributed by atoms with Crippen LogP contribution in [-0.4, -0.2) is 51.4 Å². The van der Waals surface area contributed by atoms with Crippen LogP contribution in [0.15, 0.2) is 30.5 Å². The van der Waals surface area contributed by atoms with Crippen LogP contribution >= 0.6 is 22.9 Å². The number of hydrogen-bond acceptors (Lipinski definition) is 7. The minimum atomic E-state index is 0.295. The summed E-state index contributed by atoms with van der Waals surface area (Å²) in [5.74, 6) is 0.515. The van der Waals surface area contributed by atoms with E-state index in [-0.39, 0.29) is 0 Å². The van der Waals surface area contributed by atoms with E-state index in [9.17, 15) is 0 Å². The highest BCUT2D eigenvalue weighted by Crippen LogP contribution is 2.44. The lowest BCUT2D eigenvalue weighted by molar-refractivity contribution is 0.374. The average molecular weight is 400 g/mol. The van der Waals surface area contributed by atoms with E-state index in [4.69, 9.17) is 18.6 Å². The molecule has 7 nitrogen and oxygen atoms in total. The molecule has 1 spiro atoms. The fourth-order valence-electron chi connectivity index (χ4n) is 4.12. The molecule has 138 valence electrons. The van der Waals surface area contributed by atoms with E-state index in [2.05, 4.69) is 42.3 Å². The lowest BCUT2D eigenvalue weighted by Gasteiger charge is -2.26. The zero-order valence-electron chi connectivity index (χ0n) is 14.6. The molecule has 9 heteroatoms. The summed E-state index contributed by atoms with van der Waals surface area (Å²) in [4.78, 5) is 11.2. The Labute approximate surface area is 166 Å². The van der Waals surface area contributed by atoms with Crippen LogP contribution in [0.1, 0.15) is 12.8 Å². The second-order valence-electron chi connectivity index (χ2n) is 7.24. The topological polar surface area (TPSA) is 63.0 Å². The fourth-order valence-corrected chi connectivity index (χ4v) is 5.24. The van der Waals surface area contributed by atoms with Crippen molar-refractivity contribution < 1.29 is 0 Å². The van der Waals surface area contributed by atoms with Crippen LogP contribution in [0, 0.1) is 12.5 Å². The van der Waals surface area contributed by atoms with E-state index >= 15 is 0 Å². The van der Waals surface area contributed by atoms with Crippen molar-refractivity contribution in [1.82, 2.24) is 25.2 Å². The van der Waals surface area contributed by atoms with Crippen LogP contribution in [0.2, 0.25) is 5.02 Å². The van der Waals surface area contributed by atoms with Crippen molar-refractivity contribution in [1.29, 1.82) is 0 Å². The molecule has 2 radical (unpaired) electrons. The Morgan fingerprint density at radius 3 is 2.67 bits per heavy atom. The molecule has 27 heavy (non-hydrogen) atoms. The monoisotopic (exact) mass is 399 g/mol. The number of halogens is 1. The van der Waals surface area contributed by atoms with Crippen LogP contribution in [0.3, 0.4) is 0 Å². The normalized spacial score (nSPS) is 22.3. The predicted molar refractivity (Wildman–Crippen MR) is 106 cm³/mol. The molecule has 0 aliphatic carbocycles. The van der Waals surface area contributed by atoms with Crippen molar-refractivity contribution in [2.24, 2.45) is 5.41 Å². The number of thiazole rings is 1. The molecule has 0 amide bonds. The summed E-state index contributed by atoms with van der Waals surface area (Å²) in [6.07, 6.45) is 4.14. The first-order chi connectivity index (χ1) is 13.1. The summed E-state index contributed by atoms with van der Waals surface area (Å²) in [5.41, 5.74) is 1.44. The minimum Gasteiger partial charge on any atom is -0.370 e. The molecule has 2 aliphatic heterocycles. The number of aromatic nitrogens is 5. The van der Waals surface area contributed by atoms with Crippen molar-refractivity contribution in [3.8, 4) is 10.7 Å². The Hall–Kier alpha value is -2.19. The SMILES string of the molecule is [CH]n1nnc(-c2cnc(N3CCC4(CCN(c5ccccc5Cl)C4)C3)s2)n1. The lowest BCUT2D eigenvalue weighted by Crippen LogP contribution is -2.30. The highest BCUT2D eigenvalue weighted by Gasteiger charge is 2.44. The smallest absolute Gasteiger partial charge is 0.216 e. The van der Waals surface area contributed by atoms with Gasteiger partial charge in [-0.25, -0.2) is 4.98 Å². The van der Waals surface area contributed by atoms with Crippen LogP contribution in [-0.2, 0) is 0 Å². The number of para-hydroxylation sites is 1. The Kier molecular flexibility index (Phi) is 4.05.